The highest BCUT2D eigenvalue weighted by Crippen LogP contribution is 2.78. The molecule has 3 aliphatic carbocycles. The number of hydrogen-bond donors (Lipinski definition) is 3. The molecule has 2 saturated heterocycles. The average molecular weight is 563 g/mol. The van der Waals surface area contributed by atoms with Crippen LogP contribution in [0.2, 0.25) is 0 Å². The molecule has 12 atom stereocenters. The third-order valence-corrected chi connectivity index (χ3v) is 11.3. The molecule has 2 spiro atoms. The Morgan fingerprint density at radius 1 is 1.15 bits per heavy atom. The van der Waals surface area contributed by atoms with Gasteiger partial charge in [0.2, 0.25) is 0 Å². The van der Waals surface area contributed by atoms with Crippen LogP contribution in [0.1, 0.15) is 52.9 Å². The van der Waals surface area contributed by atoms with Gasteiger partial charge in [-0.3, -0.25) is 0 Å². The van der Waals surface area contributed by atoms with Crippen LogP contribution in [-0.2, 0) is 33.3 Å². The molecule has 3 N–H and O–H groups in total. The van der Waals surface area contributed by atoms with E-state index in [4.69, 9.17) is 23.7 Å². The summed E-state index contributed by atoms with van der Waals surface area (Å²) in [5, 5.41) is 31.2. The second kappa shape index (κ2) is 9.88. The molecule has 6 aliphatic rings. The van der Waals surface area contributed by atoms with Crippen molar-refractivity contribution in [3.05, 3.63) is 24.3 Å². The van der Waals surface area contributed by atoms with Gasteiger partial charge in [-0.2, -0.15) is 0 Å². The highest BCUT2D eigenvalue weighted by molar-refractivity contribution is 5.82. The highest BCUT2D eigenvalue weighted by atomic mass is 16.6. The predicted molar refractivity (Wildman–Crippen MR) is 140 cm³/mol. The summed E-state index contributed by atoms with van der Waals surface area (Å²) in [6.07, 6.45) is 5.39. The predicted octanol–water partition coefficient (Wildman–Crippen LogP) is 1.45. The first-order valence-corrected chi connectivity index (χ1v) is 14.6. The largest absolute Gasteiger partial charge is 0.463 e. The minimum Gasteiger partial charge on any atom is -0.463 e. The Morgan fingerprint density at radius 3 is 2.62 bits per heavy atom. The lowest BCUT2D eigenvalue weighted by molar-refractivity contribution is -0.261. The number of fused-ring (bicyclic) bond motifs is 2. The number of rotatable bonds is 2. The topological polar surface area (TPSA) is 144 Å². The lowest BCUT2D eigenvalue weighted by Gasteiger charge is -2.60. The van der Waals surface area contributed by atoms with Crippen molar-refractivity contribution in [3.8, 4) is 0 Å². The molecule has 222 valence electrons. The van der Waals surface area contributed by atoms with E-state index in [1.807, 2.05) is 0 Å². The maximum Gasteiger partial charge on any atom is 0.335 e. The number of epoxide rings is 1. The summed E-state index contributed by atoms with van der Waals surface area (Å²) in [6.45, 7) is 6.22. The van der Waals surface area contributed by atoms with Gasteiger partial charge in [0.25, 0.3) is 0 Å². The number of allylic oxidation sites excluding steroid dienone is 2. The standard InChI is InChI=1S/C30H42O10/c1-17-8-11-36-20(18(2)32)6-4-5-7-23(33)39-21-12-22-30(16-38-30)27(21,3)29(15-37-26(35)24(17)34)10-9-28(14-31)13-19(28)25(29)40-22/h4-7,17-22,24-25,31-32,34H,8-16H2,1-3H3/b6-4+,7-5-/t17-,18-,19+,20-,21-,22-,24+,25-,27-,28+,29-,30+/m1/s1. The van der Waals surface area contributed by atoms with Gasteiger partial charge in [0.15, 0.2) is 6.10 Å². The SMILES string of the molecule is C[C@@H]1CCO[C@@H]([C@@H](C)O)/C=C/C=C\C(=O)O[C@@H]2C[C@H]3O[C@@H]4[C@@H]5C[C@]5(CO)CC[C@]4(COC(=O)[C@H]1O)[C@]2(C)[C@]31CO1. The fraction of sp³-hybridized carbons (Fsp3) is 0.800. The zero-order valence-electron chi connectivity index (χ0n) is 23.5. The van der Waals surface area contributed by atoms with Crippen LogP contribution in [0.25, 0.3) is 0 Å². The van der Waals surface area contributed by atoms with Gasteiger partial charge in [0.05, 0.1) is 24.9 Å². The minimum absolute atomic E-state index is 0.000151. The fourth-order valence-corrected chi connectivity index (χ4v) is 8.39. The number of aliphatic hydroxyl groups is 3. The molecule has 3 saturated carbocycles. The summed E-state index contributed by atoms with van der Waals surface area (Å²) in [5.41, 5.74) is -2.25. The van der Waals surface area contributed by atoms with Crippen LogP contribution in [0.5, 0.6) is 0 Å². The Morgan fingerprint density at radius 2 is 1.93 bits per heavy atom. The zero-order valence-corrected chi connectivity index (χ0v) is 23.5. The van der Waals surface area contributed by atoms with E-state index in [0.717, 1.165) is 12.8 Å². The van der Waals surface area contributed by atoms with E-state index in [-0.39, 0.29) is 43.4 Å². The molecule has 3 heterocycles. The van der Waals surface area contributed by atoms with Crippen molar-refractivity contribution in [2.45, 2.75) is 95.1 Å². The normalized spacial score (nSPS) is 52.7. The number of ether oxygens (including phenoxy) is 5. The molecule has 0 unspecified atom stereocenters. The summed E-state index contributed by atoms with van der Waals surface area (Å²) in [4.78, 5) is 26.2. The van der Waals surface area contributed by atoms with Crippen LogP contribution >= 0.6 is 0 Å². The van der Waals surface area contributed by atoms with Crippen LogP contribution in [0, 0.1) is 28.1 Å². The lowest BCUT2D eigenvalue weighted by Crippen LogP contribution is -2.68. The molecule has 40 heavy (non-hydrogen) atoms. The number of hydrogen-bond acceptors (Lipinski definition) is 10. The van der Waals surface area contributed by atoms with Crippen molar-refractivity contribution in [1.82, 2.24) is 0 Å². The van der Waals surface area contributed by atoms with Crippen molar-refractivity contribution in [2.24, 2.45) is 28.1 Å². The summed E-state index contributed by atoms with van der Waals surface area (Å²) in [7, 11) is 0. The monoisotopic (exact) mass is 562 g/mol. The van der Waals surface area contributed by atoms with E-state index < -0.39 is 58.7 Å². The van der Waals surface area contributed by atoms with Gasteiger partial charge >= 0.3 is 11.9 Å². The molecule has 0 aromatic rings. The molecule has 3 aliphatic heterocycles. The molecule has 0 radical (unpaired) electrons. The summed E-state index contributed by atoms with van der Waals surface area (Å²) in [6, 6.07) is 0. The Labute approximate surface area is 234 Å². The smallest absolute Gasteiger partial charge is 0.335 e. The van der Waals surface area contributed by atoms with Crippen molar-refractivity contribution >= 4 is 11.9 Å². The molecule has 2 bridgehead atoms. The van der Waals surface area contributed by atoms with Gasteiger partial charge in [0.1, 0.15) is 24.4 Å². The Kier molecular flexibility index (Phi) is 6.99. The fourth-order valence-electron chi connectivity index (χ4n) is 8.39. The van der Waals surface area contributed by atoms with Gasteiger partial charge in [0, 0.05) is 36.5 Å². The van der Waals surface area contributed by atoms with E-state index in [9.17, 15) is 24.9 Å². The van der Waals surface area contributed by atoms with E-state index in [0.29, 0.717) is 25.9 Å². The third kappa shape index (κ3) is 4.05. The Balaban J connectivity index is 1.36. The Hall–Kier alpha value is -1.82. The van der Waals surface area contributed by atoms with E-state index in [2.05, 4.69) is 6.92 Å². The molecule has 10 heteroatoms. The number of cyclic esters (lactones) is 1. The first kappa shape index (κ1) is 28.3. The van der Waals surface area contributed by atoms with Crippen molar-refractivity contribution in [3.63, 3.8) is 0 Å². The molecule has 0 amide bonds. The van der Waals surface area contributed by atoms with Gasteiger partial charge in [-0.05, 0) is 49.9 Å². The Bertz CT molecular complexity index is 1080. The minimum atomic E-state index is -1.35. The van der Waals surface area contributed by atoms with Crippen molar-refractivity contribution in [1.29, 1.82) is 0 Å². The molecular weight excluding hydrogens is 520 g/mol. The maximum atomic E-state index is 13.2. The first-order chi connectivity index (χ1) is 19.0. The third-order valence-electron chi connectivity index (χ3n) is 11.3. The second-order valence-corrected chi connectivity index (χ2v) is 13.2. The van der Waals surface area contributed by atoms with Gasteiger partial charge in [-0.15, -0.1) is 0 Å². The van der Waals surface area contributed by atoms with E-state index in [1.165, 1.54) is 6.08 Å². The van der Waals surface area contributed by atoms with Gasteiger partial charge in [-0.25, -0.2) is 9.59 Å². The quantitative estimate of drug-likeness (QED) is 0.334. The van der Waals surface area contributed by atoms with Crippen LogP contribution in [-0.4, -0.2) is 95.9 Å². The average Bonchev–Trinajstić information content (AvgIpc) is 3.84. The van der Waals surface area contributed by atoms with Crippen LogP contribution in [0.15, 0.2) is 24.3 Å². The van der Waals surface area contributed by atoms with E-state index in [1.54, 1.807) is 32.1 Å². The van der Waals surface area contributed by atoms with Gasteiger partial charge < -0.3 is 39.0 Å². The molecule has 0 aromatic carbocycles. The van der Waals surface area contributed by atoms with Gasteiger partial charge in [-0.1, -0.05) is 32.1 Å². The number of aliphatic hydroxyl groups excluding tert-OH is 3. The van der Waals surface area contributed by atoms with Crippen LogP contribution in [0.4, 0.5) is 0 Å². The molecule has 10 nitrogen and oxygen atoms in total. The summed E-state index contributed by atoms with van der Waals surface area (Å²) >= 11 is 0. The van der Waals surface area contributed by atoms with Crippen molar-refractivity contribution < 1.29 is 48.6 Å². The summed E-state index contributed by atoms with van der Waals surface area (Å²) in [5.74, 6) is -1.54. The number of carbonyl (C=O) groups excluding carboxylic acids is 2. The van der Waals surface area contributed by atoms with E-state index >= 15 is 0 Å². The van der Waals surface area contributed by atoms with Crippen LogP contribution in [0.3, 0.4) is 0 Å². The highest BCUT2D eigenvalue weighted by Gasteiger charge is 2.86. The lowest BCUT2D eigenvalue weighted by atomic mass is 9.50. The van der Waals surface area contributed by atoms with Crippen LogP contribution < -0.4 is 0 Å². The second-order valence-electron chi connectivity index (χ2n) is 13.2. The molecular formula is C30H42O10. The number of esters is 2. The first-order valence-electron chi connectivity index (χ1n) is 14.6. The zero-order chi connectivity index (χ0) is 28.5. The maximum absolute atomic E-state index is 13.2. The molecule has 0 aromatic heterocycles. The number of carbonyl (C=O) groups is 2. The summed E-state index contributed by atoms with van der Waals surface area (Å²) < 4.78 is 30.8. The molecule has 5 fully saturated rings. The van der Waals surface area contributed by atoms with Crippen molar-refractivity contribution in [2.75, 3.05) is 26.4 Å². The molecule has 6 rings (SSSR count).